The summed E-state index contributed by atoms with van der Waals surface area (Å²) in [4.78, 5) is 10.5. The first-order valence-corrected chi connectivity index (χ1v) is 7.46. The zero-order valence-electron chi connectivity index (χ0n) is 12.0. The third-order valence-electron chi connectivity index (χ3n) is 4.09. The first-order valence-electron chi connectivity index (χ1n) is 7.08. The van der Waals surface area contributed by atoms with Gasteiger partial charge in [-0.05, 0) is 43.2 Å². The number of nitrogens with zero attached hydrogens (tertiary/aromatic N) is 1. The topological polar surface area (TPSA) is 55.2 Å². The molecule has 1 aliphatic rings. The maximum atomic E-state index is 10.9. The average molecular weight is 297 g/mol. The second-order valence-corrected chi connectivity index (χ2v) is 6.77. The number of benzene rings is 1. The van der Waals surface area contributed by atoms with Gasteiger partial charge in [0.1, 0.15) is 5.02 Å². The van der Waals surface area contributed by atoms with E-state index in [1.54, 1.807) is 6.07 Å². The Kier molecular flexibility index (Phi) is 4.53. The minimum Gasteiger partial charge on any atom is -0.382 e. The Morgan fingerprint density at radius 3 is 2.80 bits per heavy atom. The fraction of sp³-hybridized carbons (Fsp3) is 0.600. The predicted octanol–water partition coefficient (Wildman–Crippen LogP) is 5.02. The number of nitro groups is 1. The van der Waals surface area contributed by atoms with E-state index in [-0.39, 0.29) is 10.7 Å². The summed E-state index contributed by atoms with van der Waals surface area (Å²) < 4.78 is 0. The van der Waals surface area contributed by atoms with E-state index in [2.05, 4.69) is 19.2 Å². The Hall–Kier alpha value is -1.29. The lowest BCUT2D eigenvalue weighted by Gasteiger charge is -2.22. The zero-order valence-corrected chi connectivity index (χ0v) is 12.7. The molecular formula is C15H21ClN2O2. The first kappa shape index (κ1) is 15.1. The van der Waals surface area contributed by atoms with Crippen LogP contribution in [0.15, 0.2) is 18.2 Å². The standard InChI is InChI=1S/C15H21ClN2O2/c1-15(2)8-3-4-11(7-9-15)17-12-5-6-13(16)14(10-12)18(19)20/h5-6,10-11,17H,3-4,7-9H2,1-2H3. The highest BCUT2D eigenvalue weighted by Gasteiger charge is 2.24. The fourth-order valence-electron chi connectivity index (χ4n) is 2.78. The molecule has 1 aromatic carbocycles. The van der Waals surface area contributed by atoms with Crippen LogP contribution in [0.5, 0.6) is 0 Å². The van der Waals surface area contributed by atoms with Gasteiger partial charge in [0.15, 0.2) is 0 Å². The molecule has 0 aromatic heterocycles. The summed E-state index contributed by atoms with van der Waals surface area (Å²) in [6.45, 7) is 4.62. The third-order valence-corrected chi connectivity index (χ3v) is 4.41. The minimum atomic E-state index is -0.441. The van der Waals surface area contributed by atoms with Gasteiger partial charge < -0.3 is 5.32 Å². The molecule has 0 spiro atoms. The number of rotatable bonds is 3. The van der Waals surface area contributed by atoms with E-state index in [4.69, 9.17) is 11.6 Å². The second kappa shape index (κ2) is 6.00. The molecule has 1 fully saturated rings. The molecule has 0 bridgehead atoms. The van der Waals surface area contributed by atoms with E-state index in [0.29, 0.717) is 11.5 Å². The van der Waals surface area contributed by atoms with Crippen LogP contribution in [0.4, 0.5) is 11.4 Å². The van der Waals surface area contributed by atoms with Crippen molar-refractivity contribution in [3.8, 4) is 0 Å². The lowest BCUT2D eigenvalue weighted by molar-refractivity contribution is -0.384. The van der Waals surface area contributed by atoms with Crippen LogP contribution in [0.25, 0.3) is 0 Å². The van der Waals surface area contributed by atoms with Crippen molar-refractivity contribution in [3.05, 3.63) is 33.3 Å². The van der Waals surface area contributed by atoms with E-state index >= 15 is 0 Å². The molecular weight excluding hydrogens is 276 g/mol. The molecule has 110 valence electrons. The smallest absolute Gasteiger partial charge is 0.289 e. The highest BCUT2D eigenvalue weighted by atomic mass is 35.5. The molecule has 0 radical (unpaired) electrons. The van der Waals surface area contributed by atoms with Crippen molar-refractivity contribution in [2.24, 2.45) is 5.41 Å². The fourth-order valence-corrected chi connectivity index (χ4v) is 2.97. The first-order chi connectivity index (χ1) is 9.37. The lowest BCUT2D eigenvalue weighted by Crippen LogP contribution is -2.19. The Bertz CT molecular complexity index is 503. The Labute approximate surface area is 124 Å². The maximum absolute atomic E-state index is 10.9. The van der Waals surface area contributed by atoms with Gasteiger partial charge in [0, 0.05) is 17.8 Å². The van der Waals surface area contributed by atoms with Crippen LogP contribution in [0.2, 0.25) is 5.02 Å². The van der Waals surface area contributed by atoms with E-state index in [1.165, 1.54) is 25.3 Å². The van der Waals surface area contributed by atoms with Gasteiger partial charge >= 0.3 is 0 Å². The average Bonchev–Trinajstić information content (AvgIpc) is 2.53. The summed E-state index contributed by atoms with van der Waals surface area (Å²) >= 11 is 5.83. The van der Waals surface area contributed by atoms with Crippen LogP contribution in [-0.2, 0) is 0 Å². The highest BCUT2D eigenvalue weighted by Crippen LogP contribution is 2.35. The van der Waals surface area contributed by atoms with Crippen LogP contribution < -0.4 is 5.32 Å². The van der Waals surface area contributed by atoms with Crippen LogP contribution in [0, 0.1) is 15.5 Å². The monoisotopic (exact) mass is 296 g/mol. The van der Waals surface area contributed by atoms with Crippen LogP contribution in [0.3, 0.4) is 0 Å². The van der Waals surface area contributed by atoms with Gasteiger partial charge in [0.05, 0.1) is 4.92 Å². The van der Waals surface area contributed by atoms with Gasteiger partial charge in [-0.25, -0.2) is 0 Å². The number of hydrogen-bond acceptors (Lipinski definition) is 3. The van der Waals surface area contributed by atoms with E-state index in [0.717, 1.165) is 18.5 Å². The molecule has 20 heavy (non-hydrogen) atoms. The Morgan fingerprint density at radius 1 is 1.35 bits per heavy atom. The summed E-state index contributed by atoms with van der Waals surface area (Å²) in [6.07, 6.45) is 5.83. The summed E-state index contributed by atoms with van der Waals surface area (Å²) in [5.41, 5.74) is 1.15. The van der Waals surface area contributed by atoms with Crippen molar-refractivity contribution in [3.63, 3.8) is 0 Å². The van der Waals surface area contributed by atoms with Crippen molar-refractivity contribution in [1.82, 2.24) is 0 Å². The van der Waals surface area contributed by atoms with Crippen LogP contribution >= 0.6 is 11.6 Å². The van der Waals surface area contributed by atoms with Gasteiger partial charge in [0.2, 0.25) is 0 Å². The van der Waals surface area contributed by atoms with Crippen molar-refractivity contribution < 1.29 is 4.92 Å². The van der Waals surface area contributed by atoms with E-state index in [1.807, 2.05) is 6.07 Å². The predicted molar refractivity (Wildman–Crippen MR) is 82.4 cm³/mol. The van der Waals surface area contributed by atoms with Crippen molar-refractivity contribution in [1.29, 1.82) is 0 Å². The molecule has 0 aliphatic heterocycles. The van der Waals surface area contributed by atoms with Gasteiger partial charge in [-0.2, -0.15) is 0 Å². The van der Waals surface area contributed by atoms with Crippen LogP contribution in [-0.4, -0.2) is 11.0 Å². The number of nitro benzene ring substituents is 1. The normalized spacial score (nSPS) is 22.1. The molecule has 0 amide bonds. The molecule has 2 rings (SSSR count). The lowest BCUT2D eigenvalue weighted by atomic mass is 9.85. The number of nitrogens with one attached hydrogen (secondary N) is 1. The van der Waals surface area contributed by atoms with E-state index < -0.39 is 4.92 Å². The van der Waals surface area contributed by atoms with Gasteiger partial charge in [-0.1, -0.05) is 31.9 Å². The SMILES string of the molecule is CC1(C)CCCC(Nc2ccc(Cl)c([N+](=O)[O-])c2)CC1. The van der Waals surface area contributed by atoms with Gasteiger partial charge in [-0.15, -0.1) is 0 Å². The van der Waals surface area contributed by atoms with Crippen molar-refractivity contribution in [2.45, 2.75) is 52.0 Å². The Balaban J connectivity index is 2.06. The molecule has 1 unspecified atom stereocenters. The molecule has 1 saturated carbocycles. The highest BCUT2D eigenvalue weighted by molar-refractivity contribution is 6.32. The maximum Gasteiger partial charge on any atom is 0.289 e. The van der Waals surface area contributed by atoms with E-state index in [9.17, 15) is 10.1 Å². The van der Waals surface area contributed by atoms with Gasteiger partial charge in [-0.3, -0.25) is 10.1 Å². The number of anilines is 1. The number of halogens is 1. The molecule has 1 aliphatic carbocycles. The molecule has 1 aromatic rings. The molecule has 0 saturated heterocycles. The molecule has 0 heterocycles. The Morgan fingerprint density at radius 2 is 2.10 bits per heavy atom. The van der Waals surface area contributed by atoms with Crippen molar-refractivity contribution in [2.75, 3.05) is 5.32 Å². The second-order valence-electron chi connectivity index (χ2n) is 6.36. The summed E-state index contributed by atoms with van der Waals surface area (Å²) in [5, 5.41) is 14.5. The molecule has 1 atom stereocenters. The van der Waals surface area contributed by atoms with Gasteiger partial charge in [0.25, 0.3) is 5.69 Å². The quantitative estimate of drug-likeness (QED) is 0.484. The molecule has 4 nitrogen and oxygen atoms in total. The minimum absolute atomic E-state index is 0.0365. The molecule has 5 heteroatoms. The summed E-state index contributed by atoms with van der Waals surface area (Å²) in [6, 6.07) is 5.31. The largest absolute Gasteiger partial charge is 0.382 e. The third kappa shape index (κ3) is 3.85. The summed E-state index contributed by atoms with van der Waals surface area (Å²) in [7, 11) is 0. The number of hydrogen-bond donors (Lipinski definition) is 1. The van der Waals surface area contributed by atoms with Crippen LogP contribution in [0.1, 0.15) is 46.0 Å². The summed E-state index contributed by atoms with van der Waals surface area (Å²) in [5.74, 6) is 0. The van der Waals surface area contributed by atoms with Crippen molar-refractivity contribution >= 4 is 23.0 Å². The zero-order chi connectivity index (χ0) is 14.8. The molecule has 1 N–H and O–H groups in total.